The lowest BCUT2D eigenvalue weighted by atomic mass is 9.95. The van der Waals surface area contributed by atoms with Gasteiger partial charge in [-0.05, 0) is 38.6 Å². The number of nitrogens with one attached hydrogen (secondary N) is 1. The van der Waals surface area contributed by atoms with E-state index in [4.69, 9.17) is 4.74 Å². The van der Waals surface area contributed by atoms with Crippen LogP contribution < -0.4 is 15.1 Å². The van der Waals surface area contributed by atoms with Gasteiger partial charge in [0.05, 0.1) is 30.2 Å². The van der Waals surface area contributed by atoms with Crippen molar-refractivity contribution in [1.82, 2.24) is 14.9 Å². The molecule has 0 radical (unpaired) electrons. The highest BCUT2D eigenvalue weighted by Gasteiger charge is 2.43. The van der Waals surface area contributed by atoms with E-state index in [-0.39, 0.29) is 17.3 Å². The van der Waals surface area contributed by atoms with Crippen LogP contribution in [-0.4, -0.2) is 98.1 Å². The molecule has 1 N–H and O–H groups in total. The number of hydrogen-bond donors (Lipinski definition) is 1. The Bertz CT molecular complexity index is 1410. The lowest BCUT2D eigenvalue weighted by Crippen LogP contribution is -2.37. The minimum atomic E-state index is -4.92. The molecule has 0 aliphatic carbocycles. The number of morpholine rings is 1. The van der Waals surface area contributed by atoms with Gasteiger partial charge in [-0.2, -0.15) is 13.2 Å². The molecule has 0 saturated carbocycles. The van der Waals surface area contributed by atoms with Crippen molar-refractivity contribution < 1.29 is 31.9 Å². The van der Waals surface area contributed by atoms with E-state index in [0.29, 0.717) is 68.9 Å². The van der Waals surface area contributed by atoms with Gasteiger partial charge >= 0.3 is 6.18 Å². The predicted molar refractivity (Wildman–Crippen MR) is 154 cm³/mol. The minimum absolute atomic E-state index is 0.0745. The summed E-state index contributed by atoms with van der Waals surface area (Å²) in [7, 11) is 2.01. The van der Waals surface area contributed by atoms with E-state index >= 15 is 4.39 Å². The zero-order chi connectivity index (χ0) is 30.7. The summed E-state index contributed by atoms with van der Waals surface area (Å²) in [5, 5.41) is 2.58. The molecule has 0 spiro atoms. The first-order valence-corrected chi connectivity index (χ1v) is 14.2. The fourth-order valence-corrected chi connectivity index (χ4v) is 5.55. The summed E-state index contributed by atoms with van der Waals surface area (Å²) in [6.45, 7) is 6.38. The monoisotopic (exact) mass is 603 g/mol. The number of hydrogen-bond acceptors (Lipinski definition) is 8. The second kappa shape index (κ2) is 12.8. The number of likely N-dealkylation sites (N-methyl/N-ethyl adjacent to an activating group) is 1. The van der Waals surface area contributed by atoms with Crippen LogP contribution >= 0.6 is 0 Å². The molecule has 1 aromatic carbocycles. The van der Waals surface area contributed by atoms with Crippen molar-refractivity contribution >= 4 is 35.4 Å². The third kappa shape index (κ3) is 6.85. The summed E-state index contributed by atoms with van der Waals surface area (Å²) in [5.41, 5.74) is -0.438. The van der Waals surface area contributed by atoms with Crippen LogP contribution in [0.4, 0.5) is 34.9 Å². The quantitative estimate of drug-likeness (QED) is 0.456. The molecule has 0 bridgehead atoms. The summed E-state index contributed by atoms with van der Waals surface area (Å²) >= 11 is 0. The molecular weight excluding hydrogens is 570 g/mol. The molecule has 230 valence electrons. The summed E-state index contributed by atoms with van der Waals surface area (Å²) < 4.78 is 62.2. The highest BCUT2D eigenvalue weighted by atomic mass is 19.4. The maximum atomic E-state index is 15.7. The highest BCUT2D eigenvalue weighted by Crippen LogP contribution is 2.38. The minimum Gasteiger partial charge on any atom is -0.378 e. The Balaban J connectivity index is 1.48. The van der Waals surface area contributed by atoms with Gasteiger partial charge in [0.15, 0.2) is 0 Å². The Hall–Kier alpha value is -3.91. The Morgan fingerprint density at radius 2 is 1.86 bits per heavy atom. The number of carbonyl (C=O) groups is 2. The van der Waals surface area contributed by atoms with Crippen molar-refractivity contribution in [1.29, 1.82) is 0 Å². The molecule has 2 fully saturated rings. The van der Waals surface area contributed by atoms with Crippen molar-refractivity contribution in [3.05, 3.63) is 42.0 Å². The number of aliphatic imine (C=N–C) groups is 1. The summed E-state index contributed by atoms with van der Waals surface area (Å²) in [6.07, 6.45) is 0.783. The van der Waals surface area contributed by atoms with Gasteiger partial charge in [0.1, 0.15) is 11.7 Å². The first-order valence-electron chi connectivity index (χ1n) is 14.2. The van der Waals surface area contributed by atoms with E-state index in [2.05, 4.69) is 32.1 Å². The van der Waals surface area contributed by atoms with E-state index in [0.717, 1.165) is 19.4 Å². The van der Waals surface area contributed by atoms with Crippen LogP contribution in [0.2, 0.25) is 0 Å². The van der Waals surface area contributed by atoms with Crippen LogP contribution in [0.25, 0.3) is 11.1 Å². The molecule has 4 heterocycles. The van der Waals surface area contributed by atoms with Gasteiger partial charge in [-0.1, -0.05) is 6.92 Å². The van der Waals surface area contributed by atoms with Crippen molar-refractivity contribution in [2.45, 2.75) is 32.0 Å². The number of aromatic nitrogens is 2. The average Bonchev–Trinajstić information content (AvgIpc) is 3.48. The van der Waals surface area contributed by atoms with E-state index in [1.54, 1.807) is 0 Å². The summed E-state index contributed by atoms with van der Waals surface area (Å²) in [5.74, 6) is -4.12. The summed E-state index contributed by atoms with van der Waals surface area (Å²) in [4.78, 5) is 43.1. The number of amides is 2. The van der Waals surface area contributed by atoms with Crippen LogP contribution in [-0.2, 0) is 14.3 Å². The van der Waals surface area contributed by atoms with Crippen molar-refractivity contribution in [3.8, 4) is 11.1 Å². The second-order valence-corrected chi connectivity index (χ2v) is 10.8. The number of anilines is 3. The molecule has 5 rings (SSSR count). The Morgan fingerprint density at radius 3 is 2.53 bits per heavy atom. The van der Waals surface area contributed by atoms with Crippen LogP contribution in [0.5, 0.6) is 0 Å². The van der Waals surface area contributed by atoms with Gasteiger partial charge in [0, 0.05) is 68.0 Å². The molecule has 2 saturated heterocycles. The van der Waals surface area contributed by atoms with Crippen LogP contribution in [0, 0.1) is 11.7 Å². The van der Waals surface area contributed by atoms with Crippen LogP contribution in [0.3, 0.4) is 0 Å². The number of ether oxygens (including phenoxy) is 1. The molecule has 2 amide bonds. The number of nitrogens with zero attached hydrogens (tertiary/aromatic N) is 6. The third-order valence-electron chi connectivity index (χ3n) is 7.86. The molecule has 2 aromatic rings. The first kappa shape index (κ1) is 30.5. The van der Waals surface area contributed by atoms with E-state index < -0.39 is 35.3 Å². The number of halogens is 4. The lowest BCUT2D eigenvalue weighted by molar-refractivity contribution is -0.124. The van der Waals surface area contributed by atoms with E-state index in [1.807, 2.05) is 16.8 Å². The number of dihydropyridines is 1. The van der Waals surface area contributed by atoms with Crippen molar-refractivity contribution in [3.63, 3.8) is 0 Å². The Labute approximate surface area is 246 Å². The molecular formula is C29H33F4N7O3. The maximum absolute atomic E-state index is 15.7. The normalized spacial score (nSPS) is 21.0. The largest absolute Gasteiger partial charge is 0.414 e. The second-order valence-electron chi connectivity index (χ2n) is 10.8. The number of rotatable bonds is 8. The molecule has 2 unspecified atom stereocenters. The fourth-order valence-electron chi connectivity index (χ4n) is 5.55. The number of alkyl halides is 3. The van der Waals surface area contributed by atoms with Crippen LogP contribution in [0.15, 0.2) is 41.2 Å². The molecule has 3 aliphatic rings. The number of benzene rings is 1. The molecule has 14 heteroatoms. The van der Waals surface area contributed by atoms with E-state index in [1.165, 1.54) is 24.5 Å². The topological polar surface area (TPSA) is 103 Å². The van der Waals surface area contributed by atoms with Crippen LogP contribution in [0.1, 0.15) is 19.8 Å². The van der Waals surface area contributed by atoms with Gasteiger partial charge in [-0.25, -0.2) is 19.4 Å². The predicted octanol–water partition coefficient (Wildman–Crippen LogP) is 3.69. The number of carbonyl (C=O) groups excluding carboxylic acids is 2. The first-order chi connectivity index (χ1) is 20.5. The van der Waals surface area contributed by atoms with Gasteiger partial charge < -0.3 is 24.8 Å². The molecule has 43 heavy (non-hydrogen) atoms. The SMILES string of the molecule is CCCN(C)C1CCN(c2cc(F)c(-c3cnc(N4CCOCC4)nc3)cc2NC(=O)C2C=NC(=O)C=C2C(F)(F)F)C1. The zero-order valence-electron chi connectivity index (χ0n) is 23.9. The smallest absolute Gasteiger partial charge is 0.378 e. The van der Waals surface area contributed by atoms with Gasteiger partial charge in [-0.15, -0.1) is 0 Å². The Morgan fingerprint density at radius 1 is 1.14 bits per heavy atom. The molecule has 3 aliphatic heterocycles. The average molecular weight is 604 g/mol. The molecule has 10 nitrogen and oxygen atoms in total. The maximum Gasteiger partial charge on any atom is 0.414 e. The third-order valence-corrected chi connectivity index (χ3v) is 7.86. The fraction of sp³-hybridized carbons (Fsp3) is 0.483. The summed E-state index contributed by atoms with van der Waals surface area (Å²) in [6, 6.07) is 2.85. The van der Waals surface area contributed by atoms with Gasteiger partial charge in [0.25, 0.3) is 5.91 Å². The molecule has 2 atom stereocenters. The van der Waals surface area contributed by atoms with Crippen molar-refractivity contribution in [2.24, 2.45) is 10.9 Å². The Kier molecular flexibility index (Phi) is 9.06. The molecule has 1 aromatic heterocycles. The van der Waals surface area contributed by atoms with E-state index in [9.17, 15) is 22.8 Å². The van der Waals surface area contributed by atoms with Gasteiger partial charge in [-0.3, -0.25) is 9.59 Å². The highest BCUT2D eigenvalue weighted by molar-refractivity contribution is 6.11. The lowest BCUT2D eigenvalue weighted by Gasteiger charge is -2.27. The zero-order valence-corrected chi connectivity index (χ0v) is 23.9. The van der Waals surface area contributed by atoms with Crippen molar-refractivity contribution in [2.75, 3.05) is 68.1 Å². The standard InChI is InChI=1S/C29H33F4N7O3/c1-3-5-38(2)19-4-6-40(17-19)25-13-23(30)20(18-14-35-28(36-15-18)39-7-9-43-10-8-39)11-24(25)37-27(42)21-16-34-26(41)12-22(21)29(31,32)33/h11-16,19,21H,3-10,17H2,1-2H3,(H,37,42). The van der Waals surface area contributed by atoms with Gasteiger partial charge in [0.2, 0.25) is 11.9 Å².